The van der Waals surface area contributed by atoms with E-state index < -0.39 is 18.1 Å². The monoisotopic (exact) mass is 417 g/mol. The summed E-state index contributed by atoms with van der Waals surface area (Å²) >= 11 is 0. The Hall–Kier alpha value is -3.10. The van der Waals surface area contributed by atoms with E-state index in [-0.39, 0.29) is 13.0 Å². The van der Waals surface area contributed by atoms with Crippen molar-refractivity contribution >= 4 is 12.1 Å². The minimum absolute atomic E-state index is 0.0697. The van der Waals surface area contributed by atoms with E-state index in [0.29, 0.717) is 32.2 Å². The van der Waals surface area contributed by atoms with Gasteiger partial charge in [0, 0.05) is 13.5 Å². The second kappa shape index (κ2) is 13.2. The summed E-state index contributed by atoms with van der Waals surface area (Å²) in [5.74, 6) is -0.489. The normalized spacial score (nSPS) is 11.5. The molecule has 2 aromatic rings. The van der Waals surface area contributed by atoms with Gasteiger partial charge in [0.05, 0.1) is 19.8 Å². The van der Waals surface area contributed by atoms with Gasteiger partial charge in [-0.25, -0.2) is 9.59 Å². The highest BCUT2D eigenvalue weighted by Gasteiger charge is 2.21. The number of benzene rings is 2. The Balaban J connectivity index is 1.77. The van der Waals surface area contributed by atoms with E-state index in [1.54, 1.807) is 31.4 Å². The van der Waals surface area contributed by atoms with Gasteiger partial charge in [0.2, 0.25) is 0 Å². The van der Waals surface area contributed by atoms with Gasteiger partial charge < -0.3 is 29.4 Å². The summed E-state index contributed by atoms with van der Waals surface area (Å²) in [6.45, 7) is 1.96. The number of carbonyl (C=O) groups is 2. The summed E-state index contributed by atoms with van der Waals surface area (Å²) in [6.07, 6.45) is -0.657. The quantitative estimate of drug-likeness (QED) is 0.483. The zero-order valence-corrected chi connectivity index (χ0v) is 16.9. The fraction of sp³-hybridized carbons (Fsp3) is 0.364. The van der Waals surface area contributed by atoms with Crippen molar-refractivity contribution in [1.82, 2.24) is 5.32 Å². The molecule has 0 spiro atoms. The van der Waals surface area contributed by atoms with E-state index in [2.05, 4.69) is 5.32 Å². The Labute approximate surface area is 175 Å². The number of hydrogen-bond acceptors (Lipinski definition) is 6. The average Bonchev–Trinajstić information content (AvgIpc) is 2.76. The molecule has 8 heteroatoms. The third-order valence-electron chi connectivity index (χ3n) is 4.09. The molecule has 0 saturated heterocycles. The van der Waals surface area contributed by atoms with Crippen LogP contribution in [0.1, 0.15) is 11.1 Å². The predicted octanol–water partition coefficient (Wildman–Crippen LogP) is 2.65. The van der Waals surface area contributed by atoms with Crippen molar-refractivity contribution < 1.29 is 33.6 Å². The molecule has 30 heavy (non-hydrogen) atoms. The standard InChI is InChI=1S/C22H27NO7/c1-27-11-12-28-13-14-29-19-9-7-17(8-10-19)15-20(21(24)25)23-22(26)30-16-18-5-3-2-4-6-18/h2-10,20H,11-16H2,1H3,(H,23,26)(H,24,25)/t20-/m0/s1. The zero-order chi connectivity index (χ0) is 21.6. The molecule has 0 unspecified atom stereocenters. The molecule has 1 amide bonds. The summed E-state index contributed by atoms with van der Waals surface area (Å²) in [6, 6.07) is 15.1. The second-order valence-electron chi connectivity index (χ2n) is 6.40. The second-order valence-corrected chi connectivity index (χ2v) is 6.40. The minimum Gasteiger partial charge on any atom is -0.491 e. The number of carbonyl (C=O) groups excluding carboxylic acids is 1. The number of hydrogen-bond donors (Lipinski definition) is 2. The smallest absolute Gasteiger partial charge is 0.408 e. The molecule has 0 aliphatic rings. The zero-order valence-electron chi connectivity index (χ0n) is 16.9. The van der Waals surface area contributed by atoms with Gasteiger partial charge in [-0.2, -0.15) is 0 Å². The largest absolute Gasteiger partial charge is 0.491 e. The first-order chi connectivity index (χ1) is 14.6. The van der Waals surface area contributed by atoms with Crippen LogP contribution in [-0.4, -0.2) is 56.7 Å². The maximum atomic E-state index is 12.0. The SMILES string of the molecule is COCCOCCOc1ccc(C[C@H](NC(=O)OCc2ccccc2)C(=O)O)cc1. The molecule has 0 aromatic heterocycles. The van der Waals surface area contributed by atoms with Crippen molar-refractivity contribution in [3.8, 4) is 5.75 Å². The molecule has 2 rings (SSSR count). The van der Waals surface area contributed by atoms with Crippen LogP contribution >= 0.6 is 0 Å². The van der Waals surface area contributed by atoms with Crippen LogP contribution in [0.25, 0.3) is 0 Å². The summed E-state index contributed by atoms with van der Waals surface area (Å²) < 4.78 is 20.9. The minimum atomic E-state index is -1.14. The Morgan fingerprint density at radius 1 is 0.933 bits per heavy atom. The first-order valence-corrected chi connectivity index (χ1v) is 9.57. The molecular formula is C22H27NO7. The molecule has 8 nitrogen and oxygen atoms in total. The van der Waals surface area contributed by atoms with Crippen molar-refractivity contribution in [3.63, 3.8) is 0 Å². The van der Waals surface area contributed by atoms with Crippen LogP contribution in [0.4, 0.5) is 4.79 Å². The van der Waals surface area contributed by atoms with Crippen LogP contribution in [0.2, 0.25) is 0 Å². The van der Waals surface area contributed by atoms with Crippen molar-refractivity contribution in [1.29, 1.82) is 0 Å². The number of ether oxygens (including phenoxy) is 4. The molecule has 2 N–H and O–H groups in total. The van der Waals surface area contributed by atoms with E-state index in [1.807, 2.05) is 30.3 Å². The van der Waals surface area contributed by atoms with Gasteiger partial charge in [-0.1, -0.05) is 42.5 Å². The first kappa shape index (κ1) is 23.2. The molecule has 0 saturated carbocycles. The van der Waals surface area contributed by atoms with Crippen LogP contribution in [0.5, 0.6) is 5.75 Å². The number of aliphatic carboxylic acids is 1. The fourth-order valence-corrected chi connectivity index (χ4v) is 2.53. The molecule has 2 aromatic carbocycles. The fourth-order valence-electron chi connectivity index (χ4n) is 2.53. The Morgan fingerprint density at radius 3 is 2.30 bits per heavy atom. The number of methoxy groups -OCH3 is 1. The lowest BCUT2D eigenvalue weighted by molar-refractivity contribution is -0.139. The Kier molecular flexibility index (Phi) is 10.2. The topological polar surface area (TPSA) is 103 Å². The van der Waals surface area contributed by atoms with E-state index >= 15 is 0 Å². The third-order valence-corrected chi connectivity index (χ3v) is 4.09. The van der Waals surface area contributed by atoms with Gasteiger partial charge in [0.25, 0.3) is 0 Å². The van der Waals surface area contributed by atoms with Crippen LogP contribution in [0, 0.1) is 0 Å². The molecule has 162 valence electrons. The van der Waals surface area contributed by atoms with Gasteiger partial charge >= 0.3 is 12.1 Å². The molecule has 0 bridgehead atoms. The number of carboxylic acid groups (broad SMARTS) is 1. The molecule has 0 heterocycles. The molecular weight excluding hydrogens is 390 g/mol. The lowest BCUT2D eigenvalue weighted by Crippen LogP contribution is -2.42. The highest BCUT2D eigenvalue weighted by molar-refractivity contribution is 5.80. The van der Waals surface area contributed by atoms with Gasteiger partial charge in [-0.15, -0.1) is 0 Å². The number of amides is 1. The number of rotatable bonds is 13. The third kappa shape index (κ3) is 8.93. The summed E-state index contributed by atoms with van der Waals surface area (Å²) in [4.78, 5) is 23.5. The van der Waals surface area contributed by atoms with Crippen molar-refractivity contribution in [2.75, 3.05) is 33.5 Å². The summed E-state index contributed by atoms with van der Waals surface area (Å²) in [5.41, 5.74) is 1.56. The van der Waals surface area contributed by atoms with Gasteiger partial charge in [0.15, 0.2) is 0 Å². The maximum absolute atomic E-state index is 12.0. The van der Waals surface area contributed by atoms with Gasteiger partial charge in [-0.05, 0) is 23.3 Å². The van der Waals surface area contributed by atoms with Crippen molar-refractivity contribution in [3.05, 3.63) is 65.7 Å². The van der Waals surface area contributed by atoms with Crippen LogP contribution < -0.4 is 10.1 Å². The maximum Gasteiger partial charge on any atom is 0.408 e. The predicted molar refractivity (Wildman–Crippen MR) is 110 cm³/mol. The van der Waals surface area contributed by atoms with Crippen LogP contribution in [0.15, 0.2) is 54.6 Å². The molecule has 1 atom stereocenters. The van der Waals surface area contributed by atoms with Crippen molar-refractivity contribution in [2.24, 2.45) is 0 Å². The van der Waals surface area contributed by atoms with E-state index in [9.17, 15) is 14.7 Å². The van der Waals surface area contributed by atoms with E-state index in [1.165, 1.54) is 0 Å². The van der Waals surface area contributed by atoms with Gasteiger partial charge in [0.1, 0.15) is 25.0 Å². The Morgan fingerprint density at radius 2 is 1.63 bits per heavy atom. The Bertz CT molecular complexity index is 765. The molecule has 0 aliphatic heterocycles. The van der Waals surface area contributed by atoms with Crippen LogP contribution in [0.3, 0.4) is 0 Å². The van der Waals surface area contributed by atoms with Crippen molar-refractivity contribution in [2.45, 2.75) is 19.1 Å². The molecule has 0 aliphatic carbocycles. The number of nitrogens with one attached hydrogen (secondary N) is 1. The highest BCUT2D eigenvalue weighted by atomic mass is 16.6. The number of carboxylic acids is 1. The molecule has 0 radical (unpaired) electrons. The van der Waals surface area contributed by atoms with Gasteiger partial charge in [-0.3, -0.25) is 0 Å². The molecule has 0 fully saturated rings. The summed E-state index contributed by atoms with van der Waals surface area (Å²) in [5, 5.41) is 11.8. The summed E-state index contributed by atoms with van der Waals surface area (Å²) in [7, 11) is 1.61. The lowest BCUT2D eigenvalue weighted by Gasteiger charge is -2.15. The van der Waals surface area contributed by atoms with E-state index in [4.69, 9.17) is 18.9 Å². The highest BCUT2D eigenvalue weighted by Crippen LogP contribution is 2.14. The average molecular weight is 417 g/mol. The number of alkyl carbamates (subject to hydrolysis) is 1. The van der Waals surface area contributed by atoms with E-state index in [0.717, 1.165) is 11.1 Å². The van der Waals surface area contributed by atoms with Crippen LogP contribution in [-0.2, 0) is 32.0 Å². The first-order valence-electron chi connectivity index (χ1n) is 9.57. The lowest BCUT2D eigenvalue weighted by atomic mass is 10.1.